The molecule has 0 atom stereocenters. The standard InChI is InChI=1S/C15H17NOSi/c1-18(2)16-14-10-8-13(9-11-14)15(17)12-6-4-3-5-7-12/h3-11,16,18H,1-2H3. The number of carbonyl (C=O) groups is 1. The molecular weight excluding hydrogens is 238 g/mol. The van der Waals surface area contributed by atoms with Crippen molar-refractivity contribution >= 4 is 20.4 Å². The Morgan fingerprint density at radius 3 is 2.00 bits per heavy atom. The minimum Gasteiger partial charge on any atom is -0.413 e. The molecule has 2 aromatic carbocycles. The first-order chi connectivity index (χ1) is 8.66. The van der Waals surface area contributed by atoms with E-state index < -0.39 is 8.96 Å². The Hall–Kier alpha value is -1.87. The number of benzene rings is 2. The van der Waals surface area contributed by atoms with Gasteiger partial charge in [0, 0.05) is 16.8 Å². The Morgan fingerprint density at radius 2 is 1.44 bits per heavy atom. The second-order valence-electron chi connectivity index (χ2n) is 4.57. The molecule has 3 heteroatoms. The summed E-state index contributed by atoms with van der Waals surface area (Å²) in [6.07, 6.45) is 0. The molecule has 0 bridgehead atoms. The minimum absolute atomic E-state index is 0.0731. The number of ketones is 1. The fourth-order valence-electron chi connectivity index (χ4n) is 1.81. The first-order valence-electron chi connectivity index (χ1n) is 6.13. The highest BCUT2D eigenvalue weighted by Gasteiger charge is 2.08. The zero-order valence-corrected chi connectivity index (χ0v) is 11.8. The molecule has 0 aliphatic heterocycles. The van der Waals surface area contributed by atoms with Gasteiger partial charge in [-0.2, -0.15) is 0 Å². The Bertz CT molecular complexity index is 520. The van der Waals surface area contributed by atoms with E-state index in [2.05, 4.69) is 18.1 Å². The van der Waals surface area contributed by atoms with Crippen molar-refractivity contribution in [3.05, 3.63) is 65.7 Å². The lowest BCUT2D eigenvalue weighted by molar-refractivity contribution is 0.103. The van der Waals surface area contributed by atoms with Gasteiger partial charge in [-0.3, -0.25) is 4.79 Å². The average molecular weight is 255 g/mol. The normalized spacial score (nSPS) is 10.4. The van der Waals surface area contributed by atoms with Crippen LogP contribution in [-0.2, 0) is 0 Å². The lowest BCUT2D eigenvalue weighted by Gasteiger charge is -2.09. The molecule has 0 amide bonds. The van der Waals surface area contributed by atoms with Gasteiger partial charge in [0.25, 0.3) is 0 Å². The van der Waals surface area contributed by atoms with Gasteiger partial charge >= 0.3 is 0 Å². The van der Waals surface area contributed by atoms with Gasteiger partial charge in [0.2, 0.25) is 0 Å². The quantitative estimate of drug-likeness (QED) is 0.671. The maximum atomic E-state index is 12.2. The molecule has 0 spiro atoms. The first-order valence-corrected chi connectivity index (χ1v) is 9.02. The predicted molar refractivity (Wildman–Crippen MR) is 78.8 cm³/mol. The van der Waals surface area contributed by atoms with E-state index in [1.54, 1.807) is 0 Å². The predicted octanol–water partition coefficient (Wildman–Crippen LogP) is 3.31. The summed E-state index contributed by atoms with van der Waals surface area (Å²) in [7, 11) is -0.832. The van der Waals surface area contributed by atoms with E-state index in [1.807, 2.05) is 54.6 Å². The summed E-state index contributed by atoms with van der Waals surface area (Å²) in [4.78, 5) is 15.6. The Labute approximate surface area is 109 Å². The highest BCUT2D eigenvalue weighted by molar-refractivity contribution is 6.59. The van der Waals surface area contributed by atoms with Crippen molar-refractivity contribution in [2.24, 2.45) is 0 Å². The van der Waals surface area contributed by atoms with E-state index in [0.717, 1.165) is 16.8 Å². The third kappa shape index (κ3) is 3.08. The molecule has 1 N–H and O–H groups in total. The number of hydrogen-bond acceptors (Lipinski definition) is 2. The number of nitrogens with one attached hydrogen (secondary N) is 1. The maximum Gasteiger partial charge on any atom is 0.193 e. The van der Waals surface area contributed by atoms with E-state index in [9.17, 15) is 4.79 Å². The van der Waals surface area contributed by atoms with Crippen LogP contribution in [0.3, 0.4) is 0 Å². The monoisotopic (exact) mass is 255 g/mol. The highest BCUT2D eigenvalue weighted by atomic mass is 28.3. The van der Waals surface area contributed by atoms with E-state index in [-0.39, 0.29) is 5.78 Å². The van der Waals surface area contributed by atoms with Crippen molar-refractivity contribution in [1.29, 1.82) is 0 Å². The van der Waals surface area contributed by atoms with Crippen LogP contribution < -0.4 is 4.98 Å². The van der Waals surface area contributed by atoms with Crippen molar-refractivity contribution in [1.82, 2.24) is 0 Å². The molecule has 0 saturated heterocycles. The van der Waals surface area contributed by atoms with Gasteiger partial charge in [0.15, 0.2) is 5.78 Å². The summed E-state index contributed by atoms with van der Waals surface area (Å²) < 4.78 is 0. The van der Waals surface area contributed by atoms with Crippen LogP contribution >= 0.6 is 0 Å². The molecule has 0 aromatic heterocycles. The molecular formula is C15H17NOSi. The van der Waals surface area contributed by atoms with Crippen molar-refractivity contribution in [3.63, 3.8) is 0 Å². The lowest BCUT2D eigenvalue weighted by atomic mass is 10.0. The van der Waals surface area contributed by atoms with Gasteiger partial charge in [-0.1, -0.05) is 43.4 Å². The molecule has 0 saturated carbocycles. The number of hydrogen-bond donors (Lipinski definition) is 1. The van der Waals surface area contributed by atoms with Crippen LogP contribution in [0.2, 0.25) is 13.1 Å². The highest BCUT2D eigenvalue weighted by Crippen LogP contribution is 2.14. The van der Waals surface area contributed by atoms with Crippen molar-refractivity contribution in [3.8, 4) is 0 Å². The summed E-state index contributed by atoms with van der Waals surface area (Å²) in [6.45, 7) is 4.45. The SMILES string of the molecule is C[SiH](C)Nc1ccc(C(=O)c2ccccc2)cc1. The molecule has 2 rings (SSSR count). The molecule has 18 heavy (non-hydrogen) atoms. The van der Waals surface area contributed by atoms with Crippen molar-refractivity contribution < 1.29 is 4.79 Å². The fraction of sp³-hybridized carbons (Fsp3) is 0.133. The second kappa shape index (κ2) is 5.64. The average Bonchev–Trinajstić information content (AvgIpc) is 2.39. The molecule has 0 radical (unpaired) electrons. The Kier molecular flexibility index (Phi) is 3.94. The van der Waals surface area contributed by atoms with Crippen LogP contribution in [0.5, 0.6) is 0 Å². The van der Waals surface area contributed by atoms with Crippen molar-refractivity contribution in [2.45, 2.75) is 13.1 Å². The van der Waals surface area contributed by atoms with Crippen LogP contribution in [-0.4, -0.2) is 14.7 Å². The summed E-state index contributed by atoms with van der Waals surface area (Å²) >= 11 is 0. The molecule has 92 valence electrons. The molecule has 0 aliphatic carbocycles. The summed E-state index contributed by atoms with van der Waals surface area (Å²) in [5.74, 6) is 0.0731. The zero-order chi connectivity index (χ0) is 13.0. The third-order valence-electron chi connectivity index (χ3n) is 2.64. The molecule has 2 nitrogen and oxygen atoms in total. The van der Waals surface area contributed by atoms with Crippen LogP contribution in [0, 0.1) is 0 Å². The second-order valence-corrected chi connectivity index (χ2v) is 7.17. The molecule has 0 fully saturated rings. The molecule has 0 aliphatic rings. The summed E-state index contributed by atoms with van der Waals surface area (Å²) in [5, 5.41) is 0. The van der Waals surface area contributed by atoms with Gasteiger partial charge in [-0.05, 0) is 24.3 Å². The Balaban J connectivity index is 2.17. The van der Waals surface area contributed by atoms with Gasteiger partial charge in [0.05, 0.1) is 0 Å². The van der Waals surface area contributed by atoms with E-state index >= 15 is 0 Å². The van der Waals surface area contributed by atoms with Gasteiger partial charge in [-0.15, -0.1) is 0 Å². The maximum absolute atomic E-state index is 12.2. The Morgan fingerprint density at radius 1 is 0.889 bits per heavy atom. The van der Waals surface area contributed by atoms with Crippen LogP contribution in [0.4, 0.5) is 5.69 Å². The van der Waals surface area contributed by atoms with E-state index in [1.165, 1.54) is 0 Å². The molecule has 2 aromatic rings. The van der Waals surface area contributed by atoms with Crippen LogP contribution in [0.1, 0.15) is 15.9 Å². The number of anilines is 1. The summed E-state index contributed by atoms with van der Waals surface area (Å²) in [6, 6.07) is 17.1. The fourth-order valence-corrected chi connectivity index (χ4v) is 2.67. The van der Waals surface area contributed by atoms with E-state index in [0.29, 0.717) is 0 Å². The lowest BCUT2D eigenvalue weighted by Crippen LogP contribution is -2.14. The third-order valence-corrected chi connectivity index (χ3v) is 3.55. The van der Waals surface area contributed by atoms with E-state index in [4.69, 9.17) is 0 Å². The summed E-state index contributed by atoms with van der Waals surface area (Å²) in [5.41, 5.74) is 2.56. The van der Waals surface area contributed by atoms with Crippen LogP contribution in [0.15, 0.2) is 54.6 Å². The van der Waals surface area contributed by atoms with Crippen LogP contribution in [0.25, 0.3) is 0 Å². The first kappa shape index (κ1) is 12.6. The zero-order valence-electron chi connectivity index (χ0n) is 10.7. The largest absolute Gasteiger partial charge is 0.413 e. The van der Waals surface area contributed by atoms with Gasteiger partial charge in [-0.25, -0.2) is 0 Å². The topological polar surface area (TPSA) is 29.1 Å². The molecule has 0 unspecified atom stereocenters. The van der Waals surface area contributed by atoms with Gasteiger partial charge in [0.1, 0.15) is 8.96 Å². The smallest absolute Gasteiger partial charge is 0.193 e. The minimum atomic E-state index is -0.832. The number of rotatable bonds is 4. The number of carbonyl (C=O) groups excluding carboxylic acids is 1. The van der Waals surface area contributed by atoms with Crippen molar-refractivity contribution in [2.75, 3.05) is 4.98 Å². The molecule has 0 heterocycles. The van der Waals surface area contributed by atoms with Gasteiger partial charge < -0.3 is 4.98 Å².